The van der Waals surface area contributed by atoms with Crippen LogP contribution in [0.1, 0.15) is 39.0 Å². The Kier molecular flexibility index (Phi) is 5.92. The van der Waals surface area contributed by atoms with Crippen LogP contribution in [0.25, 0.3) is 0 Å². The fourth-order valence-corrected chi connectivity index (χ4v) is 6.01. The number of amides is 2. The molecule has 1 N–H and O–H groups in total. The minimum Gasteiger partial charge on any atom is -0.491 e. The molecule has 0 bridgehead atoms. The largest absolute Gasteiger partial charge is 0.491 e. The topological polar surface area (TPSA) is 77.1 Å². The molecule has 0 aromatic heterocycles. The lowest BCUT2D eigenvalue weighted by Crippen LogP contribution is -2.42. The van der Waals surface area contributed by atoms with E-state index < -0.39 is 5.41 Å². The summed E-state index contributed by atoms with van der Waals surface area (Å²) in [6.45, 7) is 1.18. The van der Waals surface area contributed by atoms with Gasteiger partial charge in [0.25, 0.3) is 5.91 Å². The number of hydrogen-bond donors (Lipinski definition) is 1. The Morgan fingerprint density at radius 2 is 1.57 bits per heavy atom. The van der Waals surface area contributed by atoms with Crippen LogP contribution in [0.3, 0.4) is 0 Å². The van der Waals surface area contributed by atoms with E-state index in [9.17, 15) is 9.59 Å². The minimum absolute atomic E-state index is 0.0793. The second kappa shape index (κ2) is 9.75. The van der Waals surface area contributed by atoms with Crippen molar-refractivity contribution < 1.29 is 23.8 Å². The first kappa shape index (κ1) is 24.3. The van der Waals surface area contributed by atoms with E-state index in [-0.39, 0.29) is 31.8 Å². The zero-order valence-corrected chi connectivity index (χ0v) is 21.9. The smallest absolute Gasteiger partial charge is 0.251 e. The number of benzene rings is 4. The van der Waals surface area contributed by atoms with Crippen molar-refractivity contribution in [2.45, 2.75) is 24.8 Å². The van der Waals surface area contributed by atoms with Crippen LogP contribution in [0.15, 0.2) is 91.0 Å². The minimum atomic E-state index is -0.985. The Labute approximate surface area is 232 Å². The third kappa shape index (κ3) is 3.88. The first-order chi connectivity index (χ1) is 19.6. The number of anilines is 1. The Balaban J connectivity index is 1.15. The van der Waals surface area contributed by atoms with Gasteiger partial charge < -0.3 is 24.4 Å². The molecule has 4 aromatic rings. The van der Waals surface area contributed by atoms with Crippen LogP contribution < -0.4 is 24.4 Å². The van der Waals surface area contributed by atoms with Gasteiger partial charge in [-0.1, -0.05) is 66.7 Å². The van der Waals surface area contributed by atoms with Crippen LogP contribution in [0.2, 0.25) is 0 Å². The molecule has 200 valence electrons. The molecule has 0 fully saturated rings. The Morgan fingerprint density at radius 1 is 0.825 bits per heavy atom. The van der Waals surface area contributed by atoms with Crippen molar-refractivity contribution in [2.24, 2.45) is 0 Å². The van der Waals surface area contributed by atoms with Gasteiger partial charge in [-0.2, -0.15) is 0 Å². The predicted molar refractivity (Wildman–Crippen MR) is 150 cm³/mol. The predicted octanol–water partition coefficient (Wildman–Crippen LogP) is 5.00. The summed E-state index contributed by atoms with van der Waals surface area (Å²) >= 11 is 0. The van der Waals surface area contributed by atoms with Crippen LogP contribution in [-0.4, -0.2) is 31.8 Å². The molecule has 1 atom stereocenters. The maximum atomic E-state index is 14.4. The molecule has 0 saturated heterocycles. The third-order valence-electron chi connectivity index (χ3n) is 8.00. The zero-order chi connectivity index (χ0) is 27.1. The summed E-state index contributed by atoms with van der Waals surface area (Å²) < 4.78 is 17.3. The molecule has 4 aromatic carbocycles. The fourth-order valence-electron chi connectivity index (χ4n) is 6.01. The quantitative estimate of drug-likeness (QED) is 0.339. The molecule has 3 aliphatic heterocycles. The molecule has 1 unspecified atom stereocenters. The van der Waals surface area contributed by atoms with Crippen molar-refractivity contribution in [1.82, 2.24) is 5.32 Å². The maximum absolute atomic E-state index is 14.4. The number of carbonyl (C=O) groups excluding carboxylic acids is 2. The SMILES string of the molecule is O=C(NCCCc1ccccc1)c1ccccc1CN1C(=O)C2(COc3cc4c(cc32)OCO4)c2ccccc21. The highest BCUT2D eigenvalue weighted by Gasteiger charge is 2.57. The zero-order valence-electron chi connectivity index (χ0n) is 21.9. The molecule has 1 spiro atoms. The van der Waals surface area contributed by atoms with Gasteiger partial charge in [0.2, 0.25) is 12.7 Å². The number of hydrogen-bond acceptors (Lipinski definition) is 5. The van der Waals surface area contributed by atoms with Crippen molar-refractivity contribution in [3.63, 3.8) is 0 Å². The van der Waals surface area contributed by atoms with Gasteiger partial charge in [0, 0.05) is 29.4 Å². The summed E-state index contributed by atoms with van der Waals surface area (Å²) in [6, 6.07) is 29.2. The number of fused-ring (bicyclic) bond motifs is 5. The second-order valence-corrected chi connectivity index (χ2v) is 10.3. The molecule has 7 rings (SSSR count). The van der Waals surface area contributed by atoms with Crippen LogP contribution in [0, 0.1) is 0 Å². The van der Waals surface area contributed by atoms with Crippen molar-refractivity contribution in [3.8, 4) is 17.2 Å². The normalized spacial score (nSPS) is 18.0. The number of nitrogens with zero attached hydrogens (tertiary/aromatic N) is 1. The van der Waals surface area contributed by atoms with Gasteiger partial charge in [-0.05, 0) is 47.7 Å². The van der Waals surface area contributed by atoms with E-state index in [1.54, 1.807) is 4.90 Å². The van der Waals surface area contributed by atoms with Crippen LogP contribution in [-0.2, 0) is 23.2 Å². The number of ether oxygens (including phenoxy) is 3. The number of rotatable bonds is 7. The summed E-state index contributed by atoms with van der Waals surface area (Å²) in [5.74, 6) is 1.64. The first-order valence-electron chi connectivity index (χ1n) is 13.5. The van der Waals surface area contributed by atoms with Gasteiger partial charge in [0.1, 0.15) is 17.8 Å². The summed E-state index contributed by atoms with van der Waals surface area (Å²) in [4.78, 5) is 29.4. The van der Waals surface area contributed by atoms with E-state index in [0.29, 0.717) is 29.4 Å². The average Bonchev–Trinajstić information content (AvgIpc) is 3.67. The van der Waals surface area contributed by atoms with Gasteiger partial charge >= 0.3 is 0 Å². The van der Waals surface area contributed by atoms with E-state index in [0.717, 1.165) is 35.2 Å². The molecule has 0 aliphatic carbocycles. The number of nitrogens with one attached hydrogen (secondary N) is 1. The molecule has 0 saturated carbocycles. The van der Waals surface area contributed by atoms with Crippen molar-refractivity contribution in [3.05, 3.63) is 119 Å². The average molecular weight is 533 g/mol. The highest BCUT2D eigenvalue weighted by atomic mass is 16.7. The lowest BCUT2D eigenvalue weighted by molar-refractivity contribution is -0.122. The van der Waals surface area contributed by atoms with Crippen molar-refractivity contribution >= 4 is 17.5 Å². The van der Waals surface area contributed by atoms with E-state index in [2.05, 4.69) is 17.4 Å². The van der Waals surface area contributed by atoms with Crippen LogP contribution in [0.5, 0.6) is 17.2 Å². The molecule has 2 amide bonds. The number of carbonyl (C=O) groups is 2. The van der Waals surface area contributed by atoms with Crippen LogP contribution in [0.4, 0.5) is 5.69 Å². The van der Waals surface area contributed by atoms with Gasteiger partial charge in [-0.15, -0.1) is 0 Å². The lowest BCUT2D eigenvalue weighted by atomic mass is 9.77. The molecule has 40 heavy (non-hydrogen) atoms. The van der Waals surface area contributed by atoms with Gasteiger partial charge in [0.15, 0.2) is 11.5 Å². The molecule has 7 heteroatoms. The first-order valence-corrected chi connectivity index (χ1v) is 13.5. The summed E-state index contributed by atoms with van der Waals surface area (Å²) in [5.41, 5.74) is 4.11. The van der Waals surface area contributed by atoms with Crippen LogP contribution >= 0.6 is 0 Å². The maximum Gasteiger partial charge on any atom is 0.251 e. The Hall–Kier alpha value is -4.78. The number of para-hydroxylation sites is 1. The van der Waals surface area contributed by atoms with Crippen molar-refractivity contribution in [1.29, 1.82) is 0 Å². The van der Waals surface area contributed by atoms with Gasteiger partial charge in [-0.25, -0.2) is 0 Å². The molecular formula is C33H28N2O5. The molecule has 3 heterocycles. The van der Waals surface area contributed by atoms with E-state index >= 15 is 0 Å². The molecule has 3 aliphatic rings. The highest BCUT2D eigenvalue weighted by Crippen LogP contribution is 2.55. The van der Waals surface area contributed by atoms with E-state index in [4.69, 9.17) is 14.2 Å². The van der Waals surface area contributed by atoms with Gasteiger partial charge in [0.05, 0.1) is 6.54 Å². The Bertz CT molecular complexity index is 1620. The Morgan fingerprint density at radius 3 is 2.45 bits per heavy atom. The van der Waals surface area contributed by atoms with Crippen molar-refractivity contribution in [2.75, 3.05) is 24.8 Å². The van der Waals surface area contributed by atoms with E-state index in [1.165, 1.54) is 5.56 Å². The lowest BCUT2D eigenvalue weighted by Gasteiger charge is -2.24. The third-order valence-corrected chi connectivity index (χ3v) is 8.00. The van der Waals surface area contributed by atoms with E-state index in [1.807, 2.05) is 78.9 Å². The standard InChI is InChI=1S/C33H28N2O5/c36-31(34-16-8-11-22-9-2-1-3-10-22)24-13-5-4-12-23(24)19-35-27-15-7-6-14-25(27)33(32(35)37)20-38-28-18-30-29(17-26(28)33)39-21-40-30/h1-7,9-10,12-15,17-18H,8,11,16,19-21H2,(H,34,36). The van der Waals surface area contributed by atoms with Gasteiger partial charge in [-0.3, -0.25) is 9.59 Å². The molecule has 0 radical (unpaired) electrons. The summed E-state index contributed by atoms with van der Waals surface area (Å²) in [6.07, 6.45) is 1.74. The fraction of sp³-hybridized carbons (Fsp3) is 0.212. The highest BCUT2D eigenvalue weighted by molar-refractivity contribution is 6.11. The molecular weight excluding hydrogens is 504 g/mol. The second-order valence-electron chi connectivity index (χ2n) is 10.3. The monoisotopic (exact) mass is 532 g/mol. The summed E-state index contributed by atoms with van der Waals surface area (Å²) in [5, 5.41) is 3.06. The molecule has 7 nitrogen and oxygen atoms in total. The number of aryl methyl sites for hydroxylation is 1. The summed E-state index contributed by atoms with van der Waals surface area (Å²) in [7, 11) is 0.